The highest BCUT2D eigenvalue weighted by Gasteiger charge is 2.57. The molecule has 2 amide bonds. The number of nitrogens with one attached hydrogen (secondary N) is 4. The van der Waals surface area contributed by atoms with E-state index in [1.54, 1.807) is 98.8 Å². The summed E-state index contributed by atoms with van der Waals surface area (Å²) >= 11 is 0. The number of carbonyl (C=O) groups excluding carboxylic acids is 4. The first-order valence-corrected chi connectivity index (χ1v) is 33.2. The predicted molar refractivity (Wildman–Crippen MR) is 342 cm³/mol. The lowest BCUT2D eigenvalue weighted by Gasteiger charge is -2.25. The van der Waals surface area contributed by atoms with Crippen LogP contribution in [0.25, 0.3) is 0 Å². The van der Waals surface area contributed by atoms with Crippen LogP contribution in [0.3, 0.4) is 0 Å². The molecule has 12 atom stereocenters. The van der Waals surface area contributed by atoms with Crippen LogP contribution in [0.1, 0.15) is 88.6 Å². The van der Waals surface area contributed by atoms with E-state index in [1.165, 1.54) is 88.6 Å². The number of alkyl halides is 2. The average molecular weight is 1450 g/mol. The summed E-state index contributed by atoms with van der Waals surface area (Å²) in [6.45, 7) is 9.81. The predicted octanol–water partition coefficient (Wildman–Crippen LogP) is 8.97. The molecule has 0 radical (unpaired) electrons. The number of hydrogen-bond acceptors (Lipinski definition) is 21. The number of nitrogens with zero attached hydrogens (tertiary/aromatic N) is 4. The van der Waals surface area contributed by atoms with E-state index >= 15 is 4.39 Å². The molecule has 2 aliphatic rings. The number of anilines is 2. The molecule has 7 aromatic rings. The number of carbonyl (C=O) groups is 4. The van der Waals surface area contributed by atoms with Gasteiger partial charge in [0.25, 0.3) is 11.8 Å². The Kier molecular flexibility index (Phi) is 26.4. The number of ether oxygens (including phenoxy) is 4. The Morgan fingerprint density at radius 3 is 1.26 bits per heavy atom. The van der Waals surface area contributed by atoms with Crippen LogP contribution in [0, 0.1) is 29.1 Å². The van der Waals surface area contributed by atoms with Gasteiger partial charge in [0.15, 0.2) is 23.8 Å². The first kappa shape index (κ1) is 78.1. The van der Waals surface area contributed by atoms with E-state index in [0.29, 0.717) is 11.1 Å². The normalized spacial score (nSPS) is 21.9. The van der Waals surface area contributed by atoms with Crippen LogP contribution in [0.15, 0.2) is 155 Å². The summed E-state index contributed by atoms with van der Waals surface area (Å²) < 4.78 is 169. The van der Waals surface area contributed by atoms with Crippen molar-refractivity contribution >= 4 is 50.9 Å². The minimum atomic E-state index is -4.91. The molecule has 538 valence electrons. The van der Waals surface area contributed by atoms with Gasteiger partial charge in [-0.05, 0) is 116 Å². The van der Waals surface area contributed by atoms with Crippen molar-refractivity contribution in [3.63, 3.8) is 0 Å². The molecule has 0 saturated carbocycles. The second kappa shape index (κ2) is 33.8. The number of hydrogen-bond donors (Lipinski definition) is 7. The fraction of sp³-hybridized carbons (Fsp3) is 0.344. The van der Waals surface area contributed by atoms with Crippen molar-refractivity contribution in [2.24, 2.45) is 0 Å². The van der Waals surface area contributed by atoms with Crippen molar-refractivity contribution in [1.29, 1.82) is 0 Å². The molecule has 7 N–H and O–H groups in total. The molecule has 2 fully saturated rings. The van der Waals surface area contributed by atoms with Gasteiger partial charge in [0.05, 0.1) is 25.4 Å². The molecule has 2 saturated heterocycles. The van der Waals surface area contributed by atoms with E-state index in [4.69, 9.17) is 37.6 Å². The number of aliphatic hydroxyl groups is 3. The average Bonchev–Trinajstić information content (AvgIpc) is 1.55. The number of esters is 2. The summed E-state index contributed by atoms with van der Waals surface area (Å²) in [4.78, 5) is 81.5. The maximum Gasteiger partial charge on any atom is 0.513 e. The van der Waals surface area contributed by atoms with Crippen molar-refractivity contribution in [2.75, 3.05) is 23.8 Å². The Balaban J connectivity index is 0.000000220. The molecule has 4 heterocycles. The van der Waals surface area contributed by atoms with Crippen LogP contribution >= 0.6 is 15.5 Å². The van der Waals surface area contributed by atoms with E-state index in [1.807, 2.05) is 0 Å². The van der Waals surface area contributed by atoms with Crippen molar-refractivity contribution in [2.45, 2.75) is 128 Å². The first-order valence-electron chi connectivity index (χ1n) is 30.2. The minimum absolute atomic E-state index is 0.00193. The first-order chi connectivity index (χ1) is 47.1. The van der Waals surface area contributed by atoms with Crippen LogP contribution in [-0.2, 0) is 42.2 Å². The molecular formula is C64H69F7N8O19P2. The van der Waals surface area contributed by atoms with Gasteiger partial charge in [-0.25, -0.2) is 40.7 Å². The Hall–Kier alpha value is -9.21. The third-order valence-corrected chi connectivity index (χ3v) is 17.4. The lowest BCUT2D eigenvalue weighted by molar-refractivity contribution is -0.150. The number of rotatable bonds is 24. The third-order valence-electron chi connectivity index (χ3n) is 14.2. The van der Waals surface area contributed by atoms with Crippen LogP contribution in [0.4, 0.5) is 42.4 Å². The van der Waals surface area contributed by atoms with Gasteiger partial charge in [-0.15, -0.1) is 0 Å². The Morgan fingerprint density at radius 1 is 0.540 bits per heavy atom. The monoisotopic (exact) mass is 1450 g/mol. The van der Waals surface area contributed by atoms with Crippen molar-refractivity contribution in [1.82, 2.24) is 29.3 Å². The second-order valence-corrected chi connectivity index (χ2v) is 26.1. The molecule has 27 nitrogen and oxygen atoms in total. The summed E-state index contributed by atoms with van der Waals surface area (Å²) in [5.74, 6) is -16.2. The van der Waals surface area contributed by atoms with E-state index in [9.17, 15) is 74.5 Å². The summed E-state index contributed by atoms with van der Waals surface area (Å²) in [6.07, 6.45) is -7.73. The molecule has 0 bridgehead atoms. The molecule has 100 heavy (non-hydrogen) atoms. The second-order valence-electron chi connectivity index (χ2n) is 22.8. The fourth-order valence-corrected chi connectivity index (χ4v) is 12.2. The van der Waals surface area contributed by atoms with Crippen molar-refractivity contribution in [3.05, 3.63) is 207 Å². The largest absolute Gasteiger partial charge is 0.513 e. The van der Waals surface area contributed by atoms with E-state index in [0.717, 1.165) is 23.0 Å². The maximum absolute atomic E-state index is 15.9. The van der Waals surface area contributed by atoms with Crippen LogP contribution in [-0.4, -0.2) is 131 Å². The zero-order chi connectivity index (χ0) is 73.6. The molecule has 2 aromatic heterocycles. The van der Waals surface area contributed by atoms with Gasteiger partial charge in [0.1, 0.15) is 59.6 Å². The summed E-state index contributed by atoms with van der Waals surface area (Å²) in [5, 5.41) is 39.4. The minimum Gasteiger partial charge on any atom is -0.462 e. The van der Waals surface area contributed by atoms with Gasteiger partial charge in [0, 0.05) is 23.5 Å². The highest BCUT2D eigenvalue weighted by Crippen LogP contribution is 2.50. The summed E-state index contributed by atoms with van der Waals surface area (Å²) in [7, 11) is -9.26. The molecule has 36 heteroatoms. The molecule has 0 spiro atoms. The van der Waals surface area contributed by atoms with E-state index < -0.39 is 171 Å². The lowest BCUT2D eigenvalue weighted by Crippen LogP contribution is -2.43. The quantitative estimate of drug-likeness (QED) is 0.00975. The van der Waals surface area contributed by atoms with Gasteiger partial charge >= 0.3 is 38.8 Å². The number of amides is 2. The van der Waals surface area contributed by atoms with Gasteiger partial charge in [-0.2, -0.15) is 28.9 Å². The topological polar surface area (TPSA) is 355 Å². The number of aliphatic hydroxyl groups excluding tert-OH is 3. The lowest BCUT2D eigenvalue weighted by atomic mass is 9.98. The van der Waals surface area contributed by atoms with Crippen molar-refractivity contribution in [3.8, 4) is 17.2 Å². The maximum atomic E-state index is 15.9. The number of para-hydroxylation sites is 2. The zero-order valence-electron chi connectivity index (χ0n) is 54.2. The molecule has 0 aliphatic carbocycles. The Bertz CT molecular complexity index is 4190. The molecule has 0 unspecified atom stereocenters. The number of aromatic nitrogens is 4. The molecule has 2 aliphatic heterocycles. The molecular weight excluding hydrogens is 1380 g/mol. The van der Waals surface area contributed by atoms with Gasteiger partial charge < -0.3 is 58.5 Å². The third kappa shape index (κ3) is 19.8. The zero-order valence-corrected chi connectivity index (χ0v) is 56.0. The number of halogens is 7. The van der Waals surface area contributed by atoms with Gasteiger partial charge in [0.2, 0.25) is 34.8 Å². The Morgan fingerprint density at radius 2 is 0.890 bits per heavy atom. The highest BCUT2D eigenvalue weighted by atomic mass is 31.2. The van der Waals surface area contributed by atoms with E-state index in [2.05, 4.69) is 35.3 Å². The number of benzene rings is 5. The SMILES string of the molecule is CC(C)OC(=O)[C@H](C)N[P@@](=O)(Oc1ccccc1)Oc1c(F)c(F)c(F)c(F)c1F.CC(C)OC(=O)[C@H](C)N[P@](=O)(OC[C@H]1O[C@@H](n2ccc(NC(=O)c3ccccc3)nc2=O)[C@](C)(F)[C@@H]1O)Oc1ccccc1.C[C@@]1(F)[C@H](O)[C@@H](CO)O[C@H]1n1ccc(NC(=O)c2ccccc2)nc1=O. The van der Waals surface area contributed by atoms with Crippen LogP contribution in [0.5, 0.6) is 17.2 Å². The van der Waals surface area contributed by atoms with Crippen LogP contribution in [0.2, 0.25) is 0 Å². The Labute approximate surface area is 565 Å². The molecule has 9 rings (SSSR count). The smallest absolute Gasteiger partial charge is 0.462 e. The fourth-order valence-electron chi connectivity index (χ4n) is 9.20. The standard InChI is InChI=1S/C29H34FN4O9P.C18H17F5NO5P.C17H18FN3O5/c1-18(2)41-26(37)19(3)33-44(39,43-21-13-9-6-10-14-21)40-17-22-24(35)29(4,30)27(42-22)34-16-15-23(32-28(34)38)31-25(36)20-11-7-5-8-12-20;1-9(2)27-18(25)10(3)24-30(26,28-11-7-5-4-6-8-11)29-17-15(22)13(20)12(19)14(21)16(17)23;1-17(18)13(23)11(9-22)26-15(17)21-8-7-12(20-16(21)25)19-14(24)10-5-3-2-4-6-10/h5-16,18-19,22,24,27,35H,17H2,1-4H3,(H,33,39)(H,31,32,36,38);4-10H,1-3H3,(H,24,26);2-8,11,13,15,22-23H,9H2,1H3,(H,19,20,24,25)/t19-,22+,24+,27+,29+,44-;10-,30+;11-,13-,15-,17-/m001/s1. The van der Waals surface area contributed by atoms with Gasteiger partial charge in [-0.1, -0.05) is 72.8 Å². The van der Waals surface area contributed by atoms with Crippen molar-refractivity contribution < 1.29 is 111 Å². The molecule has 5 aromatic carbocycles. The summed E-state index contributed by atoms with van der Waals surface area (Å²) in [5.41, 5.74) is -5.92. The summed E-state index contributed by atoms with van der Waals surface area (Å²) in [6, 6.07) is 31.7. The highest BCUT2D eigenvalue weighted by molar-refractivity contribution is 7.52. The van der Waals surface area contributed by atoms with Crippen LogP contribution < -0.4 is 45.8 Å². The van der Waals surface area contributed by atoms with Gasteiger partial charge in [-0.3, -0.25) is 32.8 Å². The van der Waals surface area contributed by atoms with E-state index in [-0.39, 0.29) is 23.1 Å².